The summed E-state index contributed by atoms with van der Waals surface area (Å²) in [6, 6.07) is 8.28. The number of amides is 1. The Kier molecular flexibility index (Phi) is 6.21. The minimum atomic E-state index is -0.0382. The zero-order valence-corrected chi connectivity index (χ0v) is 13.5. The number of hydrogen-bond donors (Lipinski definition) is 2. The molecule has 0 atom stereocenters. The number of piperidine rings is 1. The van der Waals surface area contributed by atoms with Crippen molar-refractivity contribution in [3.63, 3.8) is 0 Å². The molecule has 1 aliphatic heterocycles. The molecule has 1 aromatic rings. The first-order chi connectivity index (χ1) is 10.6. The molecule has 5 heteroatoms. The van der Waals surface area contributed by atoms with Gasteiger partial charge in [0, 0.05) is 12.5 Å². The van der Waals surface area contributed by atoms with Gasteiger partial charge in [0.05, 0.1) is 6.61 Å². The van der Waals surface area contributed by atoms with Gasteiger partial charge in [0.2, 0.25) is 5.91 Å². The first-order valence-electron chi connectivity index (χ1n) is 8.03. The predicted molar refractivity (Wildman–Crippen MR) is 87.1 cm³/mol. The van der Waals surface area contributed by atoms with Gasteiger partial charge < -0.3 is 4.74 Å². The predicted octanol–water partition coefficient (Wildman–Crippen LogP) is 1.92. The van der Waals surface area contributed by atoms with Gasteiger partial charge in [-0.1, -0.05) is 26.0 Å². The number of nitrogens with one attached hydrogen (secondary N) is 1. The van der Waals surface area contributed by atoms with Gasteiger partial charge in [-0.25, -0.2) is 5.84 Å². The average Bonchev–Trinajstić information content (AvgIpc) is 2.53. The smallest absolute Gasteiger partial charge is 0.237 e. The second-order valence-electron chi connectivity index (χ2n) is 6.41. The minimum Gasteiger partial charge on any atom is -0.493 e. The van der Waals surface area contributed by atoms with Crippen molar-refractivity contribution in [2.45, 2.75) is 33.2 Å². The van der Waals surface area contributed by atoms with Gasteiger partial charge in [0.1, 0.15) is 5.75 Å². The maximum Gasteiger partial charge on any atom is 0.237 e. The number of likely N-dealkylation sites (tertiary alicyclic amines) is 1. The summed E-state index contributed by atoms with van der Waals surface area (Å²) in [4.78, 5) is 13.9. The summed E-state index contributed by atoms with van der Waals surface area (Å²) in [5.41, 5.74) is 3.51. The largest absolute Gasteiger partial charge is 0.493 e. The van der Waals surface area contributed by atoms with Crippen LogP contribution in [0.3, 0.4) is 0 Å². The van der Waals surface area contributed by atoms with Crippen LogP contribution in [-0.2, 0) is 11.3 Å². The minimum absolute atomic E-state index is 0.0382. The van der Waals surface area contributed by atoms with E-state index >= 15 is 0 Å². The van der Waals surface area contributed by atoms with Crippen molar-refractivity contribution >= 4 is 5.91 Å². The maximum absolute atomic E-state index is 11.5. The van der Waals surface area contributed by atoms with E-state index in [1.54, 1.807) is 0 Å². The van der Waals surface area contributed by atoms with E-state index in [0.717, 1.165) is 44.8 Å². The Morgan fingerprint density at radius 3 is 2.77 bits per heavy atom. The average molecular weight is 305 g/mol. The van der Waals surface area contributed by atoms with Crippen molar-refractivity contribution < 1.29 is 9.53 Å². The van der Waals surface area contributed by atoms with Crippen molar-refractivity contribution in [1.29, 1.82) is 0 Å². The fourth-order valence-electron chi connectivity index (χ4n) is 2.73. The van der Waals surface area contributed by atoms with Crippen LogP contribution in [0.15, 0.2) is 24.3 Å². The van der Waals surface area contributed by atoms with Gasteiger partial charge in [-0.3, -0.25) is 15.1 Å². The molecule has 1 aliphatic rings. The summed E-state index contributed by atoms with van der Waals surface area (Å²) in [7, 11) is 0. The van der Waals surface area contributed by atoms with Crippen LogP contribution in [0.5, 0.6) is 5.75 Å². The normalized spacial score (nSPS) is 16.7. The van der Waals surface area contributed by atoms with E-state index in [9.17, 15) is 4.79 Å². The molecule has 0 unspecified atom stereocenters. The zero-order valence-electron chi connectivity index (χ0n) is 13.5. The molecule has 0 saturated carbocycles. The summed E-state index contributed by atoms with van der Waals surface area (Å²) in [5.74, 6) is 6.68. The molecule has 1 amide bonds. The number of hydrazine groups is 1. The fourth-order valence-corrected chi connectivity index (χ4v) is 2.73. The van der Waals surface area contributed by atoms with Gasteiger partial charge in [0.15, 0.2) is 0 Å². The molecular formula is C17H27N3O2. The van der Waals surface area contributed by atoms with Crippen molar-refractivity contribution in [1.82, 2.24) is 10.3 Å². The lowest BCUT2D eigenvalue weighted by atomic mass is 9.96. The second kappa shape index (κ2) is 8.15. The highest BCUT2D eigenvalue weighted by Crippen LogP contribution is 2.21. The van der Waals surface area contributed by atoms with E-state index in [0.29, 0.717) is 5.92 Å². The Morgan fingerprint density at radius 2 is 2.14 bits per heavy atom. The molecule has 22 heavy (non-hydrogen) atoms. The molecule has 0 radical (unpaired) electrons. The SMILES string of the molecule is CC(C)COc1cccc(CN2CCC(C(=O)NN)CC2)c1. The summed E-state index contributed by atoms with van der Waals surface area (Å²) < 4.78 is 5.77. The number of ether oxygens (including phenoxy) is 1. The van der Waals surface area contributed by atoms with Crippen LogP contribution in [0.25, 0.3) is 0 Å². The first kappa shape index (κ1) is 16.8. The molecule has 1 aromatic carbocycles. The Hall–Kier alpha value is -1.59. The molecule has 3 N–H and O–H groups in total. The molecule has 0 aromatic heterocycles. The van der Waals surface area contributed by atoms with Gasteiger partial charge in [0.25, 0.3) is 0 Å². The van der Waals surface area contributed by atoms with Crippen LogP contribution in [0.1, 0.15) is 32.3 Å². The lowest BCUT2D eigenvalue weighted by Gasteiger charge is -2.31. The number of nitrogens with two attached hydrogens (primary N) is 1. The summed E-state index contributed by atoms with van der Waals surface area (Å²) in [6.07, 6.45) is 1.74. The van der Waals surface area contributed by atoms with Gasteiger partial charge >= 0.3 is 0 Å². The molecule has 1 fully saturated rings. The number of nitrogens with zero attached hydrogens (tertiary/aromatic N) is 1. The number of hydrogen-bond acceptors (Lipinski definition) is 4. The Morgan fingerprint density at radius 1 is 1.41 bits per heavy atom. The topological polar surface area (TPSA) is 67.6 Å². The number of benzene rings is 1. The summed E-state index contributed by atoms with van der Waals surface area (Å²) in [5, 5.41) is 0. The van der Waals surface area contributed by atoms with Crippen LogP contribution in [0, 0.1) is 11.8 Å². The van der Waals surface area contributed by atoms with E-state index < -0.39 is 0 Å². The highest BCUT2D eigenvalue weighted by molar-refractivity contribution is 5.78. The van der Waals surface area contributed by atoms with E-state index in [2.05, 4.69) is 36.3 Å². The van der Waals surface area contributed by atoms with Crippen LogP contribution in [-0.4, -0.2) is 30.5 Å². The third-order valence-electron chi connectivity index (χ3n) is 3.99. The highest BCUT2D eigenvalue weighted by atomic mass is 16.5. The van der Waals surface area contributed by atoms with E-state index in [1.807, 2.05) is 12.1 Å². The van der Waals surface area contributed by atoms with Crippen LogP contribution in [0.4, 0.5) is 0 Å². The van der Waals surface area contributed by atoms with Crippen LogP contribution in [0.2, 0.25) is 0 Å². The van der Waals surface area contributed by atoms with Crippen LogP contribution < -0.4 is 16.0 Å². The first-order valence-corrected chi connectivity index (χ1v) is 8.03. The van der Waals surface area contributed by atoms with Crippen molar-refractivity contribution in [3.8, 4) is 5.75 Å². The molecule has 1 saturated heterocycles. The quantitative estimate of drug-likeness (QED) is 0.479. The molecule has 0 spiro atoms. The van der Waals surface area contributed by atoms with Gasteiger partial charge in [-0.15, -0.1) is 0 Å². The second-order valence-corrected chi connectivity index (χ2v) is 6.41. The zero-order chi connectivity index (χ0) is 15.9. The molecular weight excluding hydrogens is 278 g/mol. The molecule has 1 heterocycles. The van der Waals surface area contributed by atoms with E-state index in [-0.39, 0.29) is 11.8 Å². The lowest BCUT2D eigenvalue weighted by molar-refractivity contribution is -0.126. The van der Waals surface area contributed by atoms with Crippen LogP contribution >= 0.6 is 0 Å². The van der Waals surface area contributed by atoms with E-state index in [4.69, 9.17) is 10.6 Å². The molecule has 0 bridgehead atoms. The maximum atomic E-state index is 11.5. The van der Waals surface area contributed by atoms with Crippen molar-refractivity contribution in [2.75, 3.05) is 19.7 Å². The molecule has 0 aliphatic carbocycles. The standard InChI is InChI=1S/C17H27N3O2/c1-13(2)12-22-16-5-3-4-14(10-16)11-20-8-6-15(7-9-20)17(21)19-18/h3-5,10,13,15H,6-9,11-12,18H2,1-2H3,(H,19,21). The third kappa shape index (κ3) is 5.00. The summed E-state index contributed by atoms with van der Waals surface area (Å²) >= 11 is 0. The Balaban J connectivity index is 1.84. The highest BCUT2D eigenvalue weighted by Gasteiger charge is 2.24. The number of carbonyl (C=O) groups is 1. The monoisotopic (exact) mass is 305 g/mol. The number of rotatable bonds is 6. The van der Waals surface area contributed by atoms with Crippen molar-refractivity contribution in [2.24, 2.45) is 17.7 Å². The molecule has 122 valence electrons. The Labute approximate surface area is 132 Å². The summed E-state index contributed by atoms with van der Waals surface area (Å²) in [6.45, 7) is 7.78. The third-order valence-corrected chi connectivity index (χ3v) is 3.99. The van der Waals surface area contributed by atoms with Gasteiger partial charge in [-0.2, -0.15) is 0 Å². The molecule has 2 rings (SSSR count). The number of carbonyl (C=O) groups excluding carboxylic acids is 1. The molecule has 5 nitrogen and oxygen atoms in total. The Bertz CT molecular complexity index is 483. The van der Waals surface area contributed by atoms with Crippen molar-refractivity contribution in [3.05, 3.63) is 29.8 Å². The lowest BCUT2D eigenvalue weighted by Crippen LogP contribution is -2.42. The fraction of sp³-hybridized carbons (Fsp3) is 0.588. The van der Waals surface area contributed by atoms with Gasteiger partial charge in [-0.05, 0) is 49.5 Å². The van der Waals surface area contributed by atoms with E-state index in [1.165, 1.54) is 5.56 Å².